The highest BCUT2D eigenvalue weighted by Crippen LogP contribution is 2.37. The predicted octanol–water partition coefficient (Wildman–Crippen LogP) is 8.93. The molecule has 0 heterocycles. The molecule has 0 unspecified atom stereocenters. The van der Waals surface area contributed by atoms with E-state index >= 15 is 0 Å². The molecule has 0 bridgehead atoms. The van der Waals surface area contributed by atoms with Crippen LogP contribution in [0.4, 0.5) is 0 Å². The second kappa shape index (κ2) is 19.5. The van der Waals surface area contributed by atoms with Crippen molar-refractivity contribution in [1.82, 2.24) is 9.80 Å². The van der Waals surface area contributed by atoms with Gasteiger partial charge in [-0.25, -0.2) is 0 Å². The van der Waals surface area contributed by atoms with Crippen molar-refractivity contribution in [3.05, 3.63) is 167 Å². The number of hydrogen-bond acceptors (Lipinski definition) is 5. The van der Waals surface area contributed by atoms with Gasteiger partial charge in [-0.05, 0) is 92.2 Å². The molecule has 7 nitrogen and oxygen atoms in total. The summed E-state index contributed by atoms with van der Waals surface area (Å²) in [6, 6.07) is 43.9. The average Bonchev–Trinajstić information content (AvgIpc) is 3.22. The molecule has 0 spiro atoms. The van der Waals surface area contributed by atoms with Gasteiger partial charge in [0.25, 0.3) is 20.1 Å². The zero-order chi connectivity index (χ0) is 43.7. The third-order valence-electron chi connectivity index (χ3n) is 11.6. The summed E-state index contributed by atoms with van der Waals surface area (Å²) in [5.41, 5.74) is 3.16. The molecule has 0 radical (unpaired) electrons. The molecule has 60 heavy (non-hydrogen) atoms. The summed E-state index contributed by atoms with van der Waals surface area (Å²) in [5.74, 6) is -0.369. The third-order valence-corrected chi connectivity index (χ3v) is 16.7. The van der Waals surface area contributed by atoms with Crippen molar-refractivity contribution in [2.24, 2.45) is 0 Å². The van der Waals surface area contributed by atoms with Gasteiger partial charge in [0.1, 0.15) is 5.78 Å². The first-order valence-electron chi connectivity index (χ1n) is 21.2. The van der Waals surface area contributed by atoms with Crippen molar-refractivity contribution in [1.29, 1.82) is 0 Å². The number of Topliss-reactive ketones (excluding diaryl/α,β-unsaturated/α-hetero) is 1. The number of hydrogen-bond donors (Lipinski definition) is 1. The fourth-order valence-electron chi connectivity index (χ4n) is 8.39. The number of aliphatic hydroxyl groups excluding tert-OH is 1. The van der Waals surface area contributed by atoms with E-state index in [2.05, 4.69) is 69.3 Å². The lowest BCUT2D eigenvalue weighted by molar-refractivity contribution is -0.118. The summed E-state index contributed by atoms with van der Waals surface area (Å²) in [7, 11) is -2.82. The van der Waals surface area contributed by atoms with Gasteiger partial charge >= 0.3 is 0 Å². The Morgan fingerprint density at radius 1 is 0.617 bits per heavy atom. The normalized spacial score (nSPS) is 12.2. The number of carbonyl (C=O) groups excluding carboxylic acids is 3. The molecule has 0 aromatic heterocycles. The van der Waals surface area contributed by atoms with E-state index in [1.807, 2.05) is 119 Å². The van der Waals surface area contributed by atoms with Crippen LogP contribution in [-0.4, -0.2) is 72.7 Å². The van der Waals surface area contributed by atoms with E-state index in [4.69, 9.17) is 4.43 Å². The van der Waals surface area contributed by atoms with Gasteiger partial charge < -0.3 is 19.3 Å². The smallest absolute Gasteiger partial charge is 0.261 e. The zero-order valence-electron chi connectivity index (χ0n) is 37.1. The van der Waals surface area contributed by atoms with Crippen LogP contribution in [-0.2, 0) is 27.6 Å². The van der Waals surface area contributed by atoms with Crippen molar-refractivity contribution in [2.45, 2.75) is 97.7 Å². The topological polar surface area (TPSA) is 87.2 Å². The number of carbonyl (C=O) groups is 3. The number of amides is 2. The summed E-state index contributed by atoms with van der Waals surface area (Å²) < 4.78 is 7.22. The number of aliphatic hydroxyl groups is 1. The monoisotopic (exact) mass is 824 g/mol. The molecule has 1 N–H and O–H groups in total. The quantitative estimate of drug-likeness (QED) is 0.0948. The predicted molar refractivity (Wildman–Crippen MR) is 247 cm³/mol. The van der Waals surface area contributed by atoms with Gasteiger partial charge in [0.15, 0.2) is 0 Å². The maximum absolute atomic E-state index is 14.7. The second-order valence-corrected chi connectivity index (χ2v) is 22.6. The molecule has 5 rings (SSSR count). The van der Waals surface area contributed by atoms with Gasteiger partial charge in [0.05, 0.1) is 18.8 Å². The molecule has 5 aromatic rings. The highest BCUT2D eigenvalue weighted by atomic mass is 28.4. The fraction of sp³-hybridized carbons (Fsp3) is 0.365. The second-order valence-electron chi connectivity index (χ2n) is 18.3. The van der Waals surface area contributed by atoms with Crippen LogP contribution < -0.4 is 10.4 Å². The number of aryl methyl sites for hydroxylation is 2. The largest absolute Gasteiger partial charge is 0.406 e. The number of ketones is 1. The Balaban J connectivity index is 1.35. The number of benzene rings is 5. The molecule has 8 heteroatoms. The van der Waals surface area contributed by atoms with Crippen LogP contribution in [0.1, 0.15) is 105 Å². The Morgan fingerprint density at radius 3 is 1.70 bits per heavy atom. The number of nitrogens with zero attached hydrogens (tertiary/aromatic N) is 2. The van der Waals surface area contributed by atoms with Crippen LogP contribution in [0.15, 0.2) is 133 Å². The van der Waals surface area contributed by atoms with E-state index < -0.39 is 19.4 Å². The minimum absolute atomic E-state index is 0.0309. The summed E-state index contributed by atoms with van der Waals surface area (Å²) in [4.78, 5) is 46.3. The van der Waals surface area contributed by atoms with Crippen LogP contribution in [0.2, 0.25) is 5.04 Å². The molecular weight excluding hydrogens is 761 g/mol. The SMILES string of the molecule is Cc1ccc(CCC(=O)Cc2ccccc2C(=O)N(CCO)C(C)(C)c2ccccc2)c(C(=O)N(CCO[Si](c2ccccc2)(c2ccccc2)C(C)(C)C)C(C)(C)C)c1. The van der Waals surface area contributed by atoms with Crippen LogP contribution in [0.5, 0.6) is 0 Å². The van der Waals surface area contributed by atoms with Gasteiger partial charge in [-0.15, -0.1) is 0 Å². The molecular formula is C52H64N2O5Si. The lowest BCUT2D eigenvalue weighted by Gasteiger charge is -2.44. The van der Waals surface area contributed by atoms with Crippen LogP contribution >= 0.6 is 0 Å². The van der Waals surface area contributed by atoms with Crippen molar-refractivity contribution in [3.8, 4) is 0 Å². The van der Waals surface area contributed by atoms with Gasteiger partial charge in [-0.1, -0.05) is 148 Å². The van der Waals surface area contributed by atoms with Gasteiger partial charge in [-0.2, -0.15) is 0 Å². The molecule has 0 fully saturated rings. The summed E-state index contributed by atoms with van der Waals surface area (Å²) in [6.07, 6.45) is 0.655. The fourth-order valence-corrected chi connectivity index (χ4v) is 12.9. The van der Waals surface area contributed by atoms with Gasteiger partial charge in [-0.3, -0.25) is 14.4 Å². The summed E-state index contributed by atoms with van der Waals surface area (Å²) in [5, 5.41) is 12.2. The number of rotatable bonds is 17. The average molecular weight is 825 g/mol. The van der Waals surface area contributed by atoms with Gasteiger partial charge in [0, 0.05) is 42.6 Å². The Hall–Kier alpha value is -5.15. The third kappa shape index (κ3) is 10.4. The minimum Gasteiger partial charge on any atom is -0.406 e. The Morgan fingerprint density at radius 2 is 1.15 bits per heavy atom. The van der Waals surface area contributed by atoms with Crippen molar-refractivity contribution < 1.29 is 23.9 Å². The highest BCUT2D eigenvalue weighted by Gasteiger charge is 2.50. The van der Waals surface area contributed by atoms with Crippen molar-refractivity contribution >= 4 is 36.3 Å². The molecule has 2 amide bonds. The van der Waals surface area contributed by atoms with E-state index in [0.29, 0.717) is 36.3 Å². The Kier molecular flexibility index (Phi) is 14.9. The molecule has 0 atom stereocenters. The first-order chi connectivity index (χ1) is 28.4. The molecule has 0 aliphatic carbocycles. The molecule has 0 saturated carbocycles. The molecule has 0 aliphatic heterocycles. The minimum atomic E-state index is -2.82. The van der Waals surface area contributed by atoms with Crippen LogP contribution in [0.25, 0.3) is 0 Å². The lowest BCUT2D eigenvalue weighted by atomic mass is 9.90. The molecule has 0 aliphatic rings. The van der Waals surface area contributed by atoms with E-state index in [1.165, 1.54) is 10.4 Å². The highest BCUT2D eigenvalue weighted by molar-refractivity contribution is 6.99. The van der Waals surface area contributed by atoms with E-state index in [-0.39, 0.29) is 48.6 Å². The van der Waals surface area contributed by atoms with E-state index in [9.17, 15) is 19.5 Å². The molecule has 316 valence electrons. The van der Waals surface area contributed by atoms with E-state index in [0.717, 1.165) is 16.7 Å². The summed E-state index contributed by atoms with van der Waals surface area (Å²) >= 11 is 0. The standard InChI is InChI=1S/C52H64N2O5Si/c1-39-29-30-40(31-32-43(56)38-41-21-19-20-28-46(41)48(57)54(33-35-55)52(8,9)42-22-13-10-14-23-42)47(37-39)49(58)53(50(2,3)4)34-36-59-60(51(5,6)7,44-24-15-11-16-25-44)45-26-17-12-18-27-45/h10-30,37,55H,31-36,38H2,1-9H3. The maximum Gasteiger partial charge on any atom is 0.261 e. The van der Waals surface area contributed by atoms with Gasteiger partial charge in [0.2, 0.25) is 0 Å². The molecule has 5 aromatic carbocycles. The lowest BCUT2D eigenvalue weighted by Crippen LogP contribution is -2.67. The first kappa shape index (κ1) is 45.9. The molecule has 0 saturated heterocycles. The first-order valence-corrected chi connectivity index (χ1v) is 23.1. The van der Waals surface area contributed by atoms with Crippen LogP contribution in [0.3, 0.4) is 0 Å². The Bertz CT molecular complexity index is 2170. The van der Waals surface area contributed by atoms with E-state index in [1.54, 1.807) is 17.0 Å². The van der Waals surface area contributed by atoms with Crippen molar-refractivity contribution in [2.75, 3.05) is 26.3 Å². The maximum atomic E-state index is 14.7. The van der Waals surface area contributed by atoms with Crippen molar-refractivity contribution in [3.63, 3.8) is 0 Å². The van der Waals surface area contributed by atoms with Crippen LogP contribution in [0, 0.1) is 6.92 Å². The summed E-state index contributed by atoms with van der Waals surface area (Å²) in [6.45, 7) is 19.5. The zero-order valence-corrected chi connectivity index (χ0v) is 38.1. The Labute approximate surface area is 359 Å².